The van der Waals surface area contributed by atoms with Crippen molar-refractivity contribution in [3.05, 3.63) is 30.0 Å². The Morgan fingerprint density at radius 3 is 3.06 bits per heavy atom. The van der Waals surface area contributed by atoms with Crippen LogP contribution in [0.3, 0.4) is 0 Å². The van der Waals surface area contributed by atoms with E-state index < -0.39 is 0 Å². The second-order valence-electron chi connectivity index (χ2n) is 3.38. The second-order valence-corrected chi connectivity index (χ2v) is 3.38. The maximum absolute atomic E-state index is 11.7. The average Bonchev–Trinajstić information content (AvgIpc) is 2.65. The molecule has 1 N–H and O–H groups in total. The van der Waals surface area contributed by atoms with Crippen molar-refractivity contribution >= 4 is 16.8 Å². The van der Waals surface area contributed by atoms with Gasteiger partial charge in [0.25, 0.3) is 5.91 Å². The Morgan fingerprint density at radius 1 is 1.56 bits per heavy atom. The fourth-order valence-electron chi connectivity index (χ4n) is 1.60. The van der Waals surface area contributed by atoms with Crippen LogP contribution in [0, 0.1) is 12.3 Å². The van der Waals surface area contributed by atoms with Crippen LogP contribution in [-0.2, 0) is 7.05 Å². The minimum atomic E-state index is -0.241. The smallest absolute Gasteiger partial charge is 0.273 e. The summed E-state index contributed by atoms with van der Waals surface area (Å²) in [7, 11) is 1.81. The van der Waals surface area contributed by atoms with Gasteiger partial charge in [-0.1, -0.05) is 24.1 Å². The lowest BCUT2D eigenvalue weighted by Gasteiger charge is -1.97. The van der Waals surface area contributed by atoms with E-state index in [1.54, 1.807) is 11.7 Å². The fraction of sp³-hybridized carbons (Fsp3) is 0.167. The van der Waals surface area contributed by atoms with Crippen LogP contribution in [-0.4, -0.2) is 22.2 Å². The number of amides is 1. The molecule has 0 bridgehead atoms. The molecule has 0 saturated heterocycles. The van der Waals surface area contributed by atoms with Gasteiger partial charge < -0.3 is 5.32 Å². The van der Waals surface area contributed by atoms with E-state index in [9.17, 15) is 4.79 Å². The minimum absolute atomic E-state index is 0.212. The lowest BCUT2D eigenvalue weighted by atomic mass is 10.2. The molecule has 1 aromatic heterocycles. The molecule has 0 fully saturated rings. The number of nitrogens with zero attached hydrogens (tertiary/aromatic N) is 2. The maximum Gasteiger partial charge on any atom is 0.273 e. The highest BCUT2D eigenvalue weighted by atomic mass is 16.1. The summed E-state index contributed by atoms with van der Waals surface area (Å²) in [4.78, 5) is 11.7. The monoisotopic (exact) mass is 213 g/mol. The molecular weight excluding hydrogens is 202 g/mol. The summed E-state index contributed by atoms with van der Waals surface area (Å²) in [6.07, 6.45) is 5.08. The van der Waals surface area contributed by atoms with Crippen LogP contribution >= 0.6 is 0 Å². The first-order valence-electron chi connectivity index (χ1n) is 4.87. The first-order chi connectivity index (χ1) is 7.74. The van der Waals surface area contributed by atoms with Crippen LogP contribution in [0.4, 0.5) is 0 Å². The van der Waals surface area contributed by atoms with Crippen molar-refractivity contribution in [1.82, 2.24) is 15.1 Å². The highest BCUT2D eigenvalue weighted by Gasteiger charge is 2.14. The van der Waals surface area contributed by atoms with Gasteiger partial charge >= 0.3 is 0 Å². The predicted molar refractivity (Wildman–Crippen MR) is 61.9 cm³/mol. The number of benzene rings is 1. The number of para-hydroxylation sites is 1. The molecule has 0 radical (unpaired) electrons. The molecule has 1 heterocycles. The van der Waals surface area contributed by atoms with Crippen molar-refractivity contribution in [3.8, 4) is 12.3 Å². The Labute approximate surface area is 93.3 Å². The molecule has 0 aliphatic heterocycles. The van der Waals surface area contributed by atoms with Gasteiger partial charge in [-0.25, -0.2) is 0 Å². The summed E-state index contributed by atoms with van der Waals surface area (Å²) in [5, 5.41) is 7.61. The third-order valence-electron chi connectivity index (χ3n) is 2.32. The van der Waals surface area contributed by atoms with Crippen molar-refractivity contribution in [3.63, 3.8) is 0 Å². The molecule has 0 aliphatic carbocycles. The van der Waals surface area contributed by atoms with Crippen LogP contribution in [0.1, 0.15) is 10.5 Å². The van der Waals surface area contributed by atoms with Gasteiger partial charge in [0.1, 0.15) is 0 Å². The third-order valence-corrected chi connectivity index (χ3v) is 2.32. The van der Waals surface area contributed by atoms with Crippen LogP contribution in [0.25, 0.3) is 10.9 Å². The molecule has 0 unspecified atom stereocenters. The molecule has 2 rings (SSSR count). The highest BCUT2D eigenvalue weighted by Crippen LogP contribution is 2.16. The predicted octanol–water partition coefficient (Wildman–Crippen LogP) is 0.936. The van der Waals surface area contributed by atoms with Crippen LogP contribution in [0.5, 0.6) is 0 Å². The molecule has 4 heteroatoms. The van der Waals surface area contributed by atoms with Gasteiger partial charge in [0.2, 0.25) is 0 Å². The molecule has 16 heavy (non-hydrogen) atoms. The van der Waals surface area contributed by atoms with E-state index in [0.29, 0.717) is 5.69 Å². The van der Waals surface area contributed by atoms with Crippen LogP contribution < -0.4 is 5.32 Å². The lowest BCUT2D eigenvalue weighted by Crippen LogP contribution is -2.24. The summed E-state index contributed by atoms with van der Waals surface area (Å²) in [6.45, 7) is 0.212. The SMILES string of the molecule is C#CCNC(=O)c1nn(C)c2ccccc12. The number of carbonyl (C=O) groups excluding carboxylic acids is 1. The highest BCUT2D eigenvalue weighted by molar-refractivity contribution is 6.04. The Hall–Kier alpha value is -2.28. The summed E-state index contributed by atoms with van der Waals surface area (Å²) in [5.41, 5.74) is 1.33. The normalized spacial score (nSPS) is 10.0. The van der Waals surface area contributed by atoms with Gasteiger partial charge in [-0.15, -0.1) is 6.42 Å². The minimum Gasteiger partial charge on any atom is -0.340 e. The molecule has 4 nitrogen and oxygen atoms in total. The second kappa shape index (κ2) is 4.07. The Balaban J connectivity index is 2.46. The van der Waals surface area contributed by atoms with Crippen molar-refractivity contribution in [2.75, 3.05) is 6.54 Å². The van der Waals surface area contributed by atoms with E-state index in [0.717, 1.165) is 10.9 Å². The van der Waals surface area contributed by atoms with E-state index >= 15 is 0 Å². The largest absolute Gasteiger partial charge is 0.340 e. The molecule has 0 saturated carbocycles. The van der Waals surface area contributed by atoms with Gasteiger partial charge in [0.05, 0.1) is 12.1 Å². The third kappa shape index (κ3) is 1.63. The van der Waals surface area contributed by atoms with E-state index in [-0.39, 0.29) is 12.5 Å². The van der Waals surface area contributed by atoms with E-state index in [1.807, 2.05) is 24.3 Å². The molecular formula is C12H11N3O. The zero-order chi connectivity index (χ0) is 11.5. The van der Waals surface area contributed by atoms with E-state index in [4.69, 9.17) is 6.42 Å². The number of aryl methyl sites for hydroxylation is 1. The first kappa shape index (κ1) is 10.2. The maximum atomic E-state index is 11.7. The van der Waals surface area contributed by atoms with Gasteiger partial charge in [-0.05, 0) is 6.07 Å². The molecule has 1 aromatic carbocycles. The van der Waals surface area contributed by atoms with Crippen molar-refractivity contribution in [2.24, 2.45) is 7.05 Å². The number of fused-ring (bicyclic) bond motifs is 1. The van der Waals surface area contributed by atoms with Gasteiger partial charge in [0, 0.05) is 12.4 Å². The van der Waals surface area contributed by atoms with E-state index in [1.165, 1.54) is 0 Å². The standard InChI is InChI=1S/C12H11N3O/c1-3-8-13-12(16)11-9-6-4-5-7-10(9)15(2)14-11/h1,4-7H,8H2,2H3,(H,13,16). The van der Waals surface area contributed by atoms with Crippen molar-refractivity contribution in [1.29, 1.82) is 0 Å². The number of nitrogens with one attached hydrogen (secondary N) is 1. The van der Waals surface area contributed by atoms with Gasteiger partial charge in [0.15, 0.2) is 5.69 Å². The number of carbonyl (C=O) groups is 1. The number of aromatic nitrogens is 2. The number of rotatable bonds is 2. The Bertz CT molecular complexity index is 577. The molecule has 0 aliphatic rings. The zero-order valence-corrected chi connectivity index (χ0v) is 8.90. The molecule has 2 aromatic rings. The summed E-state index contributed by atoms with van der Waals surface area (Å²) in [6, 6.07) is 7.57. The Morgan fingerprint density at radius 2 is 2.31 bits per heavy atom. The van der Waals surface area contributed by atoms with Crippen molar-refractivity contribution < 1.29 is 4.79 Å². The van der Waals surface area contributed by atoms with Crippen molar-refractivity contribution in [2.45, 2.75) is 0 Å². The molecule has 1 amide bonds. The molecule has 0 spiro atoms. The molecule has 80 valence electrons. The Kier molecular flexibility index (Phi) is 2.61. The van der Waals surface area contributed by atoms with Crippen LogP contribution in [0.15, 0.2) is 24.3 Å². The quantitative estimate of drug-likeness (QED) is 0.754. The number of hydrogen-bond donors (Lipinski definition) is 1. The fourth-order valence-corrected chi connectivity index (χ4v) is 1.60. The van der Waals surface area contributed by atoms with E-state index in [2.05, 4.69) is 16.3 Å². The topological polar surface area (TPSA) is 46.9 Å². The van der Waals surface area contributed by atoms with Gasteiger partial charge in [-0.3, -0.25) is 9.48 Å². The summed E-state index contributed by atoms with van der Waals surface area (Å²) in [5.74, 6) is 2.12. The molecule has 0 atom stereocenters. The zero-order valence-electron chi connectivity index (χ0n) is 8.90. The number of hydrogen-bond acceptors (Lipinski definition) is 2. The summed E-state index contributed by atoms with van der Waals surface area (Å²) >= 11 is 0. The summed E-state index contributed by atoms with van der Waals surface area (Å²) < 4.78 is 1.68. The van der Waals surface area contributed by atoms with Crippen LogP contribution in [0.2, 0.25) is 0 Å². The lowest BCUT2D eigenvalue weighted by molar-refractivity contribution is 0.0954. The average molecular weight is 213 g/mol. The number of terminal acetylenes is 1. The van der Waals surface area contributed by atoms with Gasteiger partial charge in [-0.2, -0.15) is 5.10 Å². The first-order valence-corrected chi connectivity index (χ1v) is 4.87.